The molecule has 0 aromatic heterocycles. The van der Waals surface area contributed by atoms with E-state index < -0.39 is 16.0 Å². The van der Waals surface area contributed by atoms with Gasteiger partial charge >= 0.3 is 0 Å². The minimum absolute atomic E-state index is 0.142. The Kier molecular flexibility index (Phi) is 4.81. The van der Waals surface area contributed by atoms with Crippen molar-refractivity contribution in [3.8, 4) is 0 Å². The molecule has 3 N–H and O–H groups in total. The highest BCUT2D eigenvalue weighted by molar-refractivity contribution is 7.86. The van der Waals surface area contributed by atoms with Crippen LogP contribution >= 0.6 is 0 Å². The fourth-order valence-electron chi connectivity index (χ4n) is 2.49. The average molecular weight is 294 g/mol. The summed E-state index contributed by atoms with van der Waals surface area (Å²) in [6.45, 7) is 3.62. The first-order valence-corrected chi connectivity index (χ1v) is 8.27. The lowest BCUT2D eigenvalue weighted by atomic mass is 10.2. The summed E-state index contributed by atoms with van der Waals surface area (Å²) in [5.74, 6) is -0.142. The lowest BCUT2D eigenvalue weighted by Gasteiger charge is -2.17. The number of nitrogens with two attached hydrogens (primary N) is 1. The molecule has 0 bridgehead atoms. The van der Waals surface area contributed by atoms with Crippen molar-refractivity contribution >= 4 is 22.4 Å². The van der Waals surface area contributed by atoms with Crippen LogP contribution < -0.4 is 11.1 Å². The fourth-order valence-corrected chi connectivity index (χ4v) is 3.74. The van der Waals surface area contributed by atoms with Gasteiger partial charge in [0.15, 0.2) is 0 Å². The fraction of sp³-hybridized carbons (Fsp3) is 0.533. The molecule has 1 aliphatic carbocycles. The maximum atomic E-state index is 12.5. The Morgan fingerprint density at radius 1 is 1.40 bits per heavy atom. The van der Waals surface area contributed by atoms with Crippen LogP contribution in [0.5, 0.6) is 0 Å². The SMILES string of the molecule is Cc1ccc(N)c(S(=O)C(C)C(=O)NC2CCCC2)c1. The van der Waals surface area contributed by atoms with Crippen LogP contribution in [0.3, 0.4) is 0 Å². The van der Waals surface area contributed by atoms with Gasteiger partial charge in [0.1, 0.15) is 5.25 Å². The summed E-state index contributed by atoms with van der Waals surface area (Å²) in [5.41, 5.74) is 7.34. The molecule has 0 aliphatic heterocycles. The molecule has 2 atom stereocenters. The van der Waals surface area contributed by atoms with E-state index in [-0.39, 0.29) is 11.9 Å². The van der Waals surface area contributed by atoms with Crippen LogP contribution in [0, 0.1) is 6.92 Å². The first-order valence-electron chi connectivity index (χ1n) is 7.06. The number of benzene rings is 1. The van der Waals surface area contributed by atoms with Crippen molar-refractivity contribution in [3.05, 3.63) is 23.8 Å². The summed E-state index contributed by atoms with van der Waals surface area (Å²) in [5, 5.41) is 2.41. The molecule has 110 valence electrons. The molecule has 1 amide bonds. The summed E-state index contributed by atoms with van der Waals surface area (Å²) in [6, 6.07) is 5.66. The lowest BCUT2D eigenvalue weighted by molar-refractivity contribution is -0.121. The van der Waals surface area contributed by atoms with Crippen LogP contribution in [0.25, 0.3) is 0 Å². The number of anilines is 1. The molecule has 1 saturated carbocycles. The third kappa shape index (κ3) is 3.39. The van der Waals surface area contributed by atoms with Gasteiger partial charge in [-0.25, -0.2) is 0 Å². The predicted octanol–water partition coefficient (Wildman–Crippen LogP) is 2.13. The minimum atomic E-state index is -1.42. The molecule has 1 aliphatic rings. The molecule has 0 spiro atoms. The summed E-state index contributed by atoms with van der Waals surface area (Å²) >= 11 is 0. The molecule has 0 radical (unpaired) electrons. The lowest BCUT2D eigenvalue weighted by Crippen LogP contribution is -2.40. The monoisotopic (exact) mass is 294 g/mol. The smallest absolute Gasteiger partial charge is 0.236 e. The third-order valence-corrected chi connectivity index (χ3v) is 5.42. The van der Waals surface area contributed by atoms with Gasteiger partial charge in [-0.05, 0) is 44.4 Å². The van der Waals surface area contributed by atoms with Gasteiger partial charge in [-0.2, -0.15) is 0 Å². The number of nitrogens with one attached hydrogen (secondary N) is 1. The van der Waals surface area contributed by atoms with Gasteiger partial charge in [-0.15, -0.1) is 0 Å². The second-order valence-electron chi connectivity index (χ2n) is 5.47. The number of hydrogen-bond donors (Lipinski definition) is 2. The molecule has 0 heterocycles. The Labute approximate surface area is 122 Å². The number of hydrogen-bond acceptors (Lipinski definition) is 3. The highest BCUT2D eigenvalue weighted by Gasteiger charge is 2.26. The second-order valence-corrected chi connectivity index (χ2v) is 7.21. The molecule has 20 heavy (non-hydrogen) atoms. The van der Waals surface area contributed by atoms with Crippen molar-refractivity contribution in [2.45, 2.75) is 55.7 Å². The van der Waals surface area contributed by atoms with Gasteiger partial charge in [-0.1, -0.05) is 18.9 Å². The number of aryl methyl sites for hydroxylation is 1. The second kappa shape index (κ2) is 6.39. The number of nitrogen functional groups attached to an aromatic ring is 1. The Hall–Kier alpha value is -1.36. The average Bonchev–Trinajstić information content (AvgIpc) is 2.92. The first-order chi connectivity index (χ1) is 9.49. The molecule has 4 nitrogen and oxygen atoms in total. The van der Waals surface area contributed by atoms with Crippen molar-refractivity contribution in [2.75, 3.05) is 5.73 Å². The Morgan fingerprint density at radius 3 is 2.70 bits per heavy atom. The van der Waals surface area contributed by atoms with E-state index in [2.05, 4.69) is 5.32 Å². The van der Waals surface area contributed by atoms with Gasteiger partial charge in [-0.3, -0.25) is 9.00 Å². The molecular formula is C15H22N2O2S. The molecule has 2 rings (SSSR count). The zero-order valence-electron chi connectivity index (χ0n) is 12.0. The van der Waals surface area contributed by atoms with Crippen LogP contribution in [0.4, 0.5) is 5.69 Å². The predicted molar refractivity (Wildman–Crippen MR) is 81.9 cm³/mol. The maximum absolute atomic E-state index is 12.5. The van der Waals surface area contributed by atoms with Crippen LogP contribution in [0.15, 0.2) is 23.1 Å². The minimum Gasteiger partial charge on any atom is -0.398 e. The van der Waals surface area contributed by atoms with Crippen molar-refractivity contribution in [1.29, 1.82) is 0 Å². The van der Waals surface area contributed by atoms with E-state index in [0.717, 1.165) is 31.2 Å². The van der Waals surface area contributed by atoms with Gasteiger partial charge in [0.05, 0.1) is 15.7 Å². The molecule has 1 aromatic rings. The Morgan fingerprint density at radius 2 is 2.05 bits per heavy atom. The number of amides is 1. The summed E-state index contributed by atoms with van der Waals surface area (Å²) in [6.07, 6.45) is 4.37. The zero-order chi connectivity index (χ0) is 14.7. The van der Waals surface area contributed by atoms with E-state index in [4.69, 9.17) is 5.73 Å². The molecular weight excluding hydrogens is 272 g/mol. The normalized spacial score (nSPS) is 18.7. The summed E-state index contributed by atoms with van der Waals surface area (Å²) in [7, 11) is -1.42. The van der Waals surface area contributed by atoms with E-state index in [1.54, 1.807) is 19.1 Å². The quantitative estimate of drug-likeness (QED) is 0.836. The van der Waals surface area contributed by atoms with Crippen molar-refractivity contribution < 1.29 is 9.00 Å². The summed E-state index contributed by atoms with van der Waals surface area (Å²) < 4.78 is 12.5. The van der Waals surface area contributed by atoms with Crippen LogP contribution in [0.1, 0.15) is 38.2 Å². The molecule has 2 unspecified atom stereocenters. The molecule has 1 aromatic carbocycles. The van der Waals surface area contributed by atoms with Crippen molar-refractivity contribution in [2.24, 2.45) is 0 Å². The summed E-state index contributed by atoms with van der Waals surface area (Å²) in [4.78, 5) is 12.7. The van der Waals surface area contributed by atoms with Crippen molar-refractivity contribution in [1.82, 2.24) is 5.32 Å². The van der Waals surface area contributed by atoms with Crippen LogP contribution in [-0.2, 0) is 15.6 Å². The van der Waals surface area contributed by atoms with Gasteiger partial charge in [0, 0.05) is 11.7 Å². The molecule has 5 heteroatoms. The standard InChI is InChI=1S/C15H22N2O2S/c1-10-7-8-13(16)14(9-10)20(19)11(2)15(18)17-12-5-3-4-6-12/h7-9,11-12H,3-6,16H2,1-2H3,(H,17,18). The van der Waals surface area contributed by atoms with Crippen LogP contribution in [-0.4, -0.2) is 21.4 Å². The van der Waals surface area contributed by atoms with Crippen molar-refractivity contribution in [3.63, 3.8) is 0 Å². The van der Waals surface area contributed by atoms with Gasteiger partial charge in [0.2, 0.25) is 5.91 Å². The number of rotatable bonds is 4. The zero-order valence-corrected chi connectivity index (χ0v) is 12.8. The van der Waals surface area contributed by atoms with Crippen LogP contribution in [0.2, 0.25) is 0 Å². The van der Waals surface area contributed by atoms with E-state index >= 15 is 0 Å². The highest BCUT2D eigenvalue weighted by Crippen LogP contribution is 2.22. The first kappa shape index (κ1) is 15.0. The number of carbonyl (C=O) groups excluding carboxylic acids is 1. The van der Waals surface area contributed by atoms with E-state index in [9.17, 15) is 9.00 Å². The largest absolute Gasteiger partial charge is 0.398 e. The maximum Gasteiger partial charge on any atom is 0.236 e. The highest BCUT2D eigenvalue weighted by atomic mass is 32.2. The topological polar surface area (TPSA) is 72.2 Å². The van der Waals surface area contributed by atoms with E-state index in [1.165, 1.54) is 0 Å². The Bertz CT molecular complexity index is 525. The Balaban J connectivity index is 2.07. The third-order valence-electron chi connectivity index (χ3n) is 3.78. The number of carbonyl (C=O) groups is 1. The molecule has 0 saturated heterocycles. The van der Waals surface area contributed by atoms with E-state index in [1.807, 2.05) is 13.0 Å². The van der Waals surface area contributed by atoms with E-state index in [0.29, 0.717) is 10.6 Å². The van der Waals surface area contributed by atoms with Gasteiger partial charge < -0.3 is 11.1 Å². The molecule has 1 fully saturated rings. The van der Waals surface area contributed by atoms with Gasteiger partial charge in [0.25, 0.3) is 0 Å².